The summed E-state index contributed by atoms with van der Waals surface area (Å²) in [5.41, 5.74) is 0.366. The summed E-state index contributed by atoms with van der Waals surface area (Å²) in [5, 5.41) is 3.85. The molecule has 1 N–H and O–H groups in total. The van der Waals surface area contributed by atoms with Crippen molar-refractivity contribution in [3.8, 4) is 0 Å². The van der Waals surface area contributed by atoms with E-state index >= 15 is 0 Å². The average Bonchev–Trinajstić information content (AvgIpc) is 3.01. The number of amides is 1. The largest absolute Gasteiger partial charge is 0.377 e. The Morgan fingerprint density at radius 2 is 1.92 bits per heavy atom. The van der Waals surface area contributed by atoms with Gasteiger partial charge in [-0.2, -0.15) is 0 Å². The number of rotatable bonds is 3. The quantitative estimate of drug-likeness (QED) is 0.613. The lowest BCUT2D eigenvalue weighted by molar-refractivity contribution is -0.171. The number of nitrogens with zero attached hydrogens (tertiary/aromatic N) is 3. The molecule has 146 valence electrons. The van der Waals surface area contributed by atoms with Crippen LogP contribution in [0.1, 0.15) is 46.5 Å². The number of hydrogen-bond acceptors (Lipinski definition) is 3. The molecule has 4 fully saturated rings. The Morgan fingerprint density at radius 3 is 2.50 bits per heavy atom. The van der Waals surface area contributed by atoms with Gasteiger partial charge in [-0.3, -0.25) is 9.79 Å². The average molecular weight is 363 g/mol. The van der Waals surface area contributed by atoms with E-state index in [4.69, 9.17) is 9.73 Å². The van der Waals surface area contributed by atoms with Crippen molar-refractivity contribution in [2.24, 2.45) is 22.2 Å². The van der Waals surface area contributed by atoms with E-state index in [2.05, 4.69) is 17.1 Å². The lowest BCUT2D eigenvalue weighted by Crippen LogP contribution is -2.73. The van der Waals surface area contributed by atoms with Crippen LogP contribution < -0.4 is 5.32 Å². The molecule has 1 amide bonds. The third kappa shape index (κ3) is 2.81. The van der Waals surface area contributed by atoms with Gasteiger partial charge in [0.2, 0.25) is 5.91 Å². The Labute approximate surface area is 157 Å². The lowest BCUT2D eigenvalue weighted by atomic mass is 9.46. The van der Waals surface area contributed by atoms with Crippen molar-refractivity contribution < 1.29 is 9.53 Å². The van der Waals surface area contributed by atoms with Crippen molar-refractivity contribution in [1.29, 1.82) is 0 Å². The first-order chi connectivity index (χ1) is 12.6. The summed E-state index contributed by atoms with van der Waals surface area (Å²) in [7, 11) is 0. The van der Waals surface area contributed by atoms with Crippen molar-refractivity contribution in [2.75, 3.05) is 39.3 Å². The summed E-state index contributed by atoms with van der Waals surface area (Å²) >= 11 is 0. The molecule has 3 atom stereocenters. The molecule has 0 bridgehead atoms. The Morgan fingerprint density at radius 1 is 1.23 bits per heavy atom. The maximum absolute atomic E-state index is 12.2. The highest BCUT2D eigenvalue weighted by atomic mass is 16.5. The van der Waals surface area contributed by atoms with E-state index in [9.17, 15) is 4.79 Å². The maximum Gasteiger partial charge on any atom is 0.225 e. The molecule has 4 aliphatic rings. The number of aliphatic imine (C=N–C) groups is 1. The van der Waals surface area contributed by atoms with Crippen LogP contribution in [0, 0.1) is 17.3 Å². The summed E-state index contributed by atoms with van der Waals surface area (Å²) in [4.78, 5) is 21.4. The lowest BCUT2D eigenvalue weighted by Gasteiger charge is -2.63. The van der Waals surface area contributed by atoms with Crippen LogP contribution in [0.2, 0.25) is 0 Å². The predicted octanol–water partition coefficient (Wildman–Crippen LogP) is 1.71. The SMILES string of the molecule is CCN=C(NC1C2CCOC2C12CCC2)N1CCN(C(=O)C(C)C)CC1. The summed E-state index contributed by atoms with van der Waals surface area (Å²) in [6.45, 7) is 11.1. The fourth-order valence-electron chi connectivity index (χ4n) is 5.49. The number of piperazine rings is 1. The van der Waals surface area contributed by atoms with Crippen LogP contribution in [-0.4, -0.2) is 73.1 Å². The van der Waals surface area contributed by atoms with E-state index in [-0.39, 0.29) is 11.8 Å². The second-order valence-electron chi connectivity index (χ2n) is 8.72. The van der Waals surface area contributed by atoms with Crippen molar-refractivity contribution in [1.82, 2.24) is 15.1 Å². The minimum absolute atomic E-state index is 0.0798. The molecule has 3 unspecified atom stereocenters. The monoisotopic (exact) mass is 362 g/mol. The number of ether oxygens (including phenoxy) is 1. The van der Waals surface area contributed by atoms with E-state index in [1.165, 1.54) is 25.7 Å². The highest BCUT2D eigenvalue weighted by Crippen LogP contribution is 2.62. The molecule has 0 aromatic carbocycles. The summed E-state index contributed by atoms with van der Waals surface area (Å²) in [5.74, 6) is 2.05. The van der Waals surface area contributed by atoms with Gasteiger partial charge in [-0.05, 0) is 26.2 Å². The van der Waals surface area contributed by atoms with Gasteiger partial charge in [0.05, 0.1) is 6.10 Å². The predicted molar refractivity (Wildman–Crippen MR) is 102 cm³/mol. The zero-order chi connectivity index (χ0) is 18.3. The molecule has 4 rings (SSSR count). The van der Waals surface area contributed by atoms with Crippen LogP contribution in [-0.2, 0) is 9.53 Å². The molecule has 0 aromatic rings. The smallest absolute Gasteiger partial charge is 0.225 e. The third-order valence-corrected chi connectivity index (χ3v) is 7.01. The van der Waals surface area contributed by atoms with E-state index in [1.807, 2.05) is 18.7 Å². The van der Waals surface area contributed by atoms with Crippen molar-refractivity contribution in [3.63, 3.8) is 0 Å². The second kappa shape index (κ2) is 7.02. The molecule has 6 heteroatoms. The number of nitrogens with one attached hydrogen (secondary N) is 1. The van der Waals surface area contributed by atoms with E-state index in [0.29, 0.717) is 23.5 Å². The second-order valence-corrected chi connectivity index (χ2v) is 8.72. The van der Waals surface area contributed by atoms with Gasteiger partial charge in [0.25, 0.3) is 0 Å². The number of fused-ring (bicyclic) bond motifs is 2. The number of guanidine groups is 1. The third-order valence-electron chi connectivity index (χ3n) is 7.01. The molecular weight excluding hydrogens is 328 g/mol. The maximum atomic E-state index is 12.2. The van der Waals surface area contributed by atoms with Gasteiger partial charge in [-0.1, -0.05) is 20.3 Å². The summed E-state index contributed by atoms with van der Waals surface area (Å²) in [6, 6.07) is 0.518. The van der Waals surface area contributed by atoms with Crippen molar-refractivity contribution >= 4 is 11.9 Å². The summed E-state index contributed by atoms with van der Waals surface area (Å²) in [6.07, 6.45) is 5.59. The molecule has 2 saturated heterocycles. The van der Waals surface area contributed by atoms with Gasteiger partial charge in [0.15, 0.2) is 5.96 Å². The number of carbonyl (C=O) groups is 1. The Hall–Kier alpha value is -1.30. The van der Waals surface area contributed by atoms with Crippen LogP contribution in [0.15, 0.2) is 4.99 Å². The van der Waals surface area contributed by atoms with Crippen LogP contribution in [0.3, 0.4) is 0 Å². The zero-order valence-electron chi connectivity index (χ0n) is 16.5. The Kier molecular flexibility index (Phi) is 4.88. The number of carbonyl (C=O) groups excluding carboxylic acids is 1. The highest BCUT2D eigenvalue weighted by molar-refractivity contribution is 5.82. The van der Waals surface area contributed by atoms with Crippen LogP contribution in [0.4, 0.5) is 0 Å². The molecule has 0 radical (unpaired) electrons. The van der Waals surface area contributed by atoms with E-state index in [0.717, 1.165) is 45.3 Å². The van der Waals surface area contributed by atoms with Crippen LogP contribution in [0.5, 0.6) is 0 Å². The van der Waals surface area contributed by atoms with Crippen molar-refractivity contribution in [2.45, 2.75) is 58.6 Å². The molecule has 2 saturated carbocycles. The fraction of sp³-hybridized carbons (Fsp3) is 0.900. The molecule has 1 spiro atoms. The first-order valence-corrected chi connectivity index (χ1v) is 10.5. The van der Waals surface area contributed by atoms with Gasteiger partial charge in [-0.15, -0.1) is 0 Å². The van der Waals surface area contributed by atoms with Gasteiger partial charge in [0.1, 0.15) is 0 Å². The van der Waals surface area contributed by atoms with Gasteiger partial charge >= 0.3 is 0 Å². The fourth-order valence-corrected chi connectivity index (χ4v) is 5.49. The molecule has 2 aliphatic heterocycles. The highest BCUT2D eigenvalue weighted by Gasteiger charge is 2.66. The number of hydrogen-bond donors (Lipinski definition) is 1. The molecule has 2 heterocycles. The Bertz CT molecular complexity index is 564. The summed E-state index contributed by atoms with van der Waals surface area (Å²) < 4.78 is 6.05. The molecule has 0 aromatic heterocycles. The standard InChI is InChI=1S/C20H34N4O2/c1-4-21-19(24-11-9-23(10-12-24)18(25)14(2)3)22-16-15-6-13-26-17(15)20(16)7-5-8-20/h14-17H,4-13H2,1-3H3,(H,21,22). The molecule has 26 heavy (non-hydrogen) atoms. The van der Waals surface area contributed by atoms with E-state index in [1.54, 1.807) is 0 Å². The molecular formula is C20H34N4O2. The minimum atomic E-state index is 0.0798. The Balaban J connectivity index is 1.40. The zero-order valence-corrected chi connectivity index (χ0v) is 16.5. The van der Waals surface area contributed by atoms with Gasteiger partial charge < -0.3 is 19.9 Å². The van der Waals surface area contributed by atoms with Crippen LogP contribution in [0.25, 0.3) is 0 Å². The van der Waals surface area contributed by atoms with E-state index < -0.39 is 0 Å². The first kappa shape index (κ1) is 18.1. The normalized spacial score (nSPS) is 33.1. The molecule has 2 aliphatic carbocycles. The topological polar surface area (TPSA) is 57.2 Å². The van der Waals surface area contributed by atoms with Crippen molar-refractivity contribution in [3.05, 3.63) is 0 Å². The van der Waals surface area contributed by atoms with Crippen LogP contribution >= 0.6 is 0 Å². The van der Waals surface area contributed by atoms with Gasteiger partial charge in [0, 0.05) is 62.6 Å². The van der Waals surface area contributed by atoms with Gasteiger partial charge in [-0.25, -0.2) is 0 Å². The first-order valence-electron chi connectivity index (χ1n) is 10.5. The molecule has 6 nitrogen and oxygen atoms in total. The minimum Gasteiger partial charge on any atom is -0.377 e.